The van der Waals surface area contributed by atoms with Crippen molar-refractivity contribution in [2.45, 2.75) is 65.6 Å². The van der Waals surface area contributed by atoms with Gasteiger partial charge in [-0.3, -0.25) is 14.5 Å². The van der Waals surface area contributed by atoms with Crippen molar-refractivity contribution < 1.29 is 14.7 Å². The molecule has 3 rings (SSSR count). The summed E-state index contributed by atoms with van der Waals surface area (Å²) in [6, 6.07) is 5.27. The molecule has 1 aliphatic rings. The fraction of sp³-hybridized carbons (Fsp3) is 0.524. The number of para-hydroxylation sites is 1. The molecule has 29 heavy (non-hydrogen) atoms. The third-order valence-electron chi connectivity index (χ3n) is 5.42. The number of hydrogen-bond acceptors (Lipinski definition) is 5. The Bertz CT molecular complexity index is 893. The summed E-state index contributed by atoms with van der Waals surface area (Å²) in [7, 11) is 0. The summed E-state index contributed by atoms with van der Waals surface area (Å²) >= 11 is 0. The van der Waals surface area contributed by atoms with Crippen molar-refractivity contribution in [2.75, 3.05) is 11.9 Å². The molecule has 1 atom stereocenters. The normalized spacial score (nSPS) is 16.9. The molecule has 1 unspecified atom stereocenters. The molecule has 0 spiro atoms. The van der Waals surface area contributed by atoms with E-state index in [9.17, 15) is 14.7 Å². The quantitative estimate of drug-likeness (QED) is 0.775. The van der Waals surface area contributed by atoms with E-state index in [0.717, 1.165) is 16.8 Å². The van der Waals surface area contributed by atoms with Crippen LogP contribution in [0.4, 0.5) is 5.69 Å². The standard InChI is InChI=1S/C21H29N5O3/c1-12(2)15-7-6-8-16(13(3)4)20(15)22-19(27)11-25-10-18-24-23-14(5)26(18)9-17(25)21(28)29/h6-8,12-13,17H,9-11H2,1-5H3,(H,22,27)(H,28,29). The molecule has 0 saturated heterocycles. The number of anilines is 1. The van der Waals surface area contributed by atoms with Crippen LogP contribution in [0.25, 0.3) is 0 Å². The lowest BCUT2D eigenvalue weighted by Gasteiger charge is -2.33. The maximum Gasteiger partial charge on any atom is 0.322 e. The number of aryl methyl sites for hydroxylation is 1. The number of carbonyl (C=O) groups is 2. The zero-order valence-corrected chi connectivity index (χ0v) is 17.6. The molecule has 2 N–H and O–H groups in total. The van der Waals surface area contributed by atoms with Gasteiger partial charge in [-0.25, -0.2) is 0 Å². The largest absolute Gasteiger partial charge is 0.480 e. The molecule has 156 valence electrons. The number of nitrogens with one attached hydrogen (secondary N) is 1. The zero-order chi connectivity index (χ0) is 21.3. The number of hydrogen-bond donors (Lipinski definition) is 2. The third-order valence-corrected chi connectivity index (χ3v) is 5.42. The maximum atomic E-state index is 12.9. The third kappa shape index (κ3) is 4.32. The van der Waals surface area contributed by atoms with E-state index < -0.39 is 12.0 Å². The summed E-state index contributed by atoms with van der Waals surface area (Å²) in [6.45, 7) is 10.7. The van der Waals surface area contributed by atoms with Crippen LogP contribution in [-0.2, 0) is 22.7 Å². The second-order valence-electron chi connectivity index (χ2n) is 8.20. The maximum absolute atomic E-state index is 12.9. The lowest BCUT2D eigenvalue weighted by molar-refractivity contribution is -0.145. The van der Waals surface area contributed by atoms with E-state index in [-0.39, 0.29) is 37.4 Å². The van der Waals surface area contributed by atoms with Gasteiger partial charge in [-0.05, 0) is 29.9 Å². The molecule has 1 aromatic carbocycles. The van der Waals surface area contributed by atoms with Crippen LogP contribution in [0.15, 0.2) is 18.2 Å². The van der Waals surface area contributed by atoms with Gasteiger partial charge in [-0.2, -0.15) is 0 Å². The van der Waals surface area contributed by atoms with Gasteiger partial charge < -0.3 is 15.0 Å². The molecule has 1 aromatic heterocycles. The molecule has 0 radical (unpaired) electrons. The molecule has 1 aliphatic heterocycles. The number of carboxylic acid groups (broad SMARTS) is 1. The lowest BCUT2D eigenvalue weighted by Crippen LogP contribution is -2.50. The minimum Gasteiger partial charge on any atom is -0.480 e. The Morgan fingerprint density at radius 2 is 1.79 bits per heavy atom. The van der Waals surface area contributed by atoms with Crippen LogP contribution in [-0.4, -0.2) is 49.2 Å². The van der Waals surface area contributed by atoms with Crippen molar-refractivity contribution in [1.82, 2.24) is 19.7 Å². The number of aromatic nitrogens is 3. The predicted molar refractivity (Wildman–Crippen MR) is 110 cm³/mol. The van der Waals surface area contributed by atoms with Crippen molar-refractivity contribution in [1.29, 1.82) is 0 Å². The molecule has 8 nitrogen and oxygen atoms in total. The molecule has 0 aliphatic carbocycles. The summed E-state index contributed by atoms with van der Waals surface area (Å²) in [5, 5.41) is 20.9. The van der Waals surface area contributed by atoms with E-state index >= 15 is 0 Å². The minimum atomic E-state index is -0.956. The minimum absolute atomic E-state index is 0.0210. The highest BCUT2D eigenvalue weighted by Gasteiger charge is 2.34. The number of carboxylic acids is 1. The van der Waals surface area contributed by atoms with Gasteiger partial charge in [0, 0.05) is 5.69 Å². The zero-order valence-electron chi connectivity index (χ0n) is 17.6. The Kier molecular flexibility index (Phi) is 6.02. The first-order valence-corrected chi connectivity index (χ1v) is 9.97. The van der Waals surface area contributed by atoms with Crippen LogP contribution in [0.5, 0.6) is 0 Å². The van der Waals surface area contributed by atoms with Gasteiger partial charge in [0.05, 0.1) is 19.6 Å². The van der Waals surface area contributed by atoms with Crippen molar-refractivity contribution in [3.05, 3.63) is 41.0 Å². The number of fused-ring (bicyclic) bond motifs is 1. The second kappa shape index (κ2) is 8.32. The van der Waals surface area contributed by atoms with Crippen molar-refractivity contribution in [3.63, 3.8) is 0 Å². The summed E-state index contributed by atoms with van der Waals surface area (Å²) in [5.41, 5.74) is 2.99. The Hall–Kier alpha value is -2.74. The molecule has 0 saturated carbocycles. The van der Waals surface area contributed by atoms with Gasteiger partial charge in [0.15, 0.2) is 0 Å². The molecule has 0 fully saturated rings. The number of benzene rings is 1. The molecule has 8 heteroatoms. The van der Waals surface area contributed by atoms with Gasteiger partial charge >= 0.3 is 5.97 Å². The number of rotatable bonds is 6. The Morgan fingerprint density at radius 3 is 2.34 bits per heavy atom. The fourth-order valence-electron chi connectivity index (χ4n) is 3.82. The molecule has 0 bridgehead atoms. The van der Waals surface area contributed by atoms with Gasteiger partial charge in [0.25, 0.3) is 0 Å². The average Bonchev–Trinajstić information content (AvgIpc) is 3.00. The van der Waals surface area contributed by atoms with Gasteiger partial charge in [-0.15, -0.1) is 10.2 Å². The summed E-state index contributed by atoms with van der Waals surface area (Å²) in [4.78, 5) is 26.4. The van der Waals surface area contributed by atoms with Crippen LogP contribution in [0.1, 0.15) is 62.3 Å². The smallest absolute Gasteiger partial charge is 0.322 e. The van der Waals surface area contributed by atoms with E-state index in [0.29, 0.717) is 11.6 Å². The van der Waals surface area contributed by atoms with Gasteiger partial charge in [0.2, 0.25) is 5.91 Å². The van der Waals surface area contributed by atoms with Gasteiger partial charge in [-0.1, -0.05) is 45.9 Å². The Labute approximate surface area is 170 Å². The SMILES string of the molecule is Cc1nnc2n1CC(C(=O)O)N(CC(=O)Nc1c(C(C)C)cccc1C(C)C)C2. The highest BCUT2D eigenvalue weighted by Crippen LogP contribution is 2.32. The number of amides is 1. The Balaban J connectivity index is 1.83. The van der Waals surface area contributed by atoms with Crippen LogP contribution < -0.4 is 5.32 Å². The molecule has 2 aromatic rings. The van der Waals surface area contributed by atoms with Crippen molar-refractivity contribution >= 4 is 17.6 Å². The number of nitrogens with zero attached hydrogens (tertiary/aromatic N) is 4. The first kappa shape index (κ1) is 21.0. The molecule has 2 heterocycles. The van der Waals surface area contributed by atoms with Gasteiger partial charge in [0.1, 0.15) is 17.7 Å². The predicted octanol–water partition coefficient (Wildman–Crippen LogP) is 2.74. The fourth-order valence-corrected chi connectivity index (χ4v) is 3.82. The summed E-state index contributed by atoms with van der Waals surface area (Å²) in [6.07, 6.45) is 0. The highest BCUT2D eigenvalue weighted by atomic mass is 16.4. The monoisotopic (exact) mass is 399 g/mol. The van der Waals surface area contributed by atoms with Crippen LogP contribution >= 0.6 is 0 Å². The summed E-state index contributed by atoms with van der Waals surface area (Å²) in [5.74, 6) is 0.693. The van der Waals surface area contributed by atoms with Crippen LogP contribution in [0.2, 0.25) is 0 Å². The van der Waals surface area contributed by atoms with Crippen LogP contribution in [0, 0.1) is 6.92 Å². The van der Waals surface area contributed by atoms with Crippen LogP contribution in [0.3, 0.4) is 0 Å². The summed E-state index contributed by atoms with van der Waals surface area (Å²) < 4.78 is 1.80. The van der Waals surface area contributed by atoms with Crippen molar-refractivity contribution in [2.24, 2.45) is 0 Å². The molecular formula is C21H29N5O3. The number of aliphatic carboxylic acids is 1. The number of carbonyl (C=O) groups excluding carboxylic acids is 1. The van der Waals surface area contributed by atoms with Crippen molar-refractivity contribution in [3.8, 4) is 0 Å². The second-order valence-corrected chi connectivity index (χ2v) is 8.20. The van der Waals surface area contributed by atoms with E-state index in [4.69, 9.17) is 0 Å². The average molecular weight is 399 g/mol. The first-order valence-electron chi connectivity index (χ1n) is 9.97. The molecule has 1 amide bonds. The van der Waals surface area contributed by atoms with E-state index in [1.54, 1.807) is 16.4 Å². The molecular weight excluding hydrogens is 370 g/mol. The first-order chi connectivity index (χ1) is 13.7. The highest BCUT2D eigenvalue weighted by molar-refractivity contribution is 5.94. The van der Waals surface area contributed by atoms with E-state index in [1.165, 1.54) is 0 Å². The topological polar surface area (TPSA) is 100 Å². The van der Waals surface area contributed by atoms with E-state index in [1.807, 2.05) is 18.2 Å². The lowest BCUT2D eigenvalue weighted by atomic mass is 9.92. The van der Waals surface area contributed by atoms with E-state index in [2.05, 4.69) is 43.2 Å². The Morgan fingerprint density at radius 1 is 1.17 bits per heavy atom.